The normalized spacial score (nSPS) is 12.5. The van der Waals surface area contributed by atoms with Gasteiger partial charge in [-0.05, 0) is 33.9 Å². The predicted octanol–water partition coefficient (Wildman–Crippen LogP) is 4.73. The van der Waals surface area contributed by atoms with Crippen LogP contribution in [-0.4, -0.2) is 16.5 Å². The molecule has 24 heavy (non-hydrogen) atoms. The molecule has 0 radical (unpaired) electrons. The summed E-state index contributed by atoms with van der Waals surface area (Å²) in [6.45, 7) is -0.134. The lowest BCUT2D eigenvalue weighted by Crippen LogP contribution is -2.14. The van der Waals surface area contributed by atoms with Gasteiger partial charge in [-0.1, -0.05) is 60.7 Å². The number of nitrogens with zero attached hydrogens (tertiary/aromatic N) is 1. The zero-order chi connectivity index (χ0) is 16.5. The molecule has 3 aromatic carbocycles. The van der Waals surface area contributed by atoms with Crippen molar-refractivity contribution < 1.29 is 4.92 Å². The van der Waals surface area contributed by atoms with Crippen LogP contribution in [0.2, 0.25) is 0 Å². The summed E-state index contributed by atoms with van der Waals surface area (Å²) in [5, 5.41) is 14.5. The van der Waals surface area contributed by atoms with Crippen molar-refractivity contribution in [1.82, 2.24) is 4.98 Å². The van der Waals surface area contributed by atoms with Crippen molar-refractivity contribution in [2.75, 3.05) is 6.54 Å². The number of rotatable bonds is 4. The summed E-state index contributed by atoms with van der Waals surface area (Å²) in [5.41, 5.74) is 2.83. The number of nitro groups is 1. The Labute approximate surface area is 138 Å². The Balaban J connectivity index is 1.84. The Hall–Kier alpha value is -3.14. The SMILES string of the molecule is O=[N+]([O-])CC(c1ccc2ccccc2c1)c1cc2ccccc2[nH]1. The molecule has 0 saturated carbocycles. The highest BCUT2D eigenvalue weighted by atomic mass is 16.6. The topological polar surface area (TPSA) is 58.9 Å². The third kappa shape index (κ3) is 2.63. The first kappa shape index (κ1) is 14.5. The molecule has 0 aliphatic carbocycles. The number of benzene rings is 3. The molecule has 4 aromatic rings. The highest BCUT2D eigenvalue weighted by Crippen LogP contribution is 2.29. The van der Waals surface area contributed by atoms with E-state index in [0.29, 0.717) is 0 Å². The second-order valence-electron chi connectivity index (χ2n) is 5.99. The second kappa shape index (κ2) is 5.81. The van der Waals surface area contributed by atoms with E-state index in [0.717, 1.165) is 32.9 Å². The molecule has 0 aliphatic rings. The van der Waals surface area contributed by atoms with Crippen molar-refractivity contribution in [2.45, 2.75) is 5.92 Å². The Morgan fingerprint density at radius 1 is 0.875 bits per heavy atom. The molecule has 1 heterocycles. The van der Waals surface area contributed by atoms with Crippen LogP contribution in [0.25, 0.3) is 21.7 Å². The summed E-state index contributed by atoms with van der Waals surface area (Å²) in [7, 11) is 0. The quantitative estimate of drug-likeness (QED) is 0.437. The Kier molecular flexibility index (Phi) is 3.50. The molecule has 4 nitrogen and oxygen atoms in total. The lowest BCUT2D eigenvalue weighted by atomic mass is 9.93. The lowest BCUT2D eigenvalue weighted by Gasteiger charge is -2.13. The molecule has 0 fully saturated rings. The summed E-state index contributed by atoms with van der Waals surface area (Å²) in [6.07, 6.45) is 0. The van der Waals surface area contributed by atoms with Gasteiger partial charge in [-0.15, -0.1) is 0 Å². The maximum atomic E-state index is 11.2. The summed E-state index contributed by atoms with van der Waals surface area (Å²) in [4.78, 5) is 14.3. The smallest absolute Gasteiger partial charge is 0.216 e. The van der Waals surface area contributed by atoms with Gasteiger partial charge in [0, 0.05) is 16.1 Å². The number of H-pyrrole nitrogens is 1. The highest BCUT2D eigenvalue weighted by molar-refractivity contribution is 5.84. The fraction of sp³-hybridized carbons (Fsp3) is 0.100. The van der Waals surface area contributed by atoms with E-state index in [4.69, 9.17) is 0 Å². The minimum atomic E-state index is -0.294. The van der Waals surface area contributed by atoms with Crippen LogP contribution in [0.4, 0.5) is 0 Å². The number of hydrogen-bond donors (Lipinski definition) is 1. The van der Waals surface area contributed by atoms with Gasteiger partial charge in [0.25, 0.3) is 0 Å². The minimum Gasteiger partial charge on any atom is -0.358 e. The molecule has 0 spiro atoms. The summed E-state index contributed by atoms with van der Waals surface area (Å²) in [5.74, 6) is -0.294. The van der Waals surface area contributed by atoms with E-state index in [1.54, 1.807) is 0 Å². The van der Waals surface area contributed by atoms with Gasteiger partial charge >= 0.3 is 0 Å². The third-order valence-corrected chi connectivity index (χ3v) is 4.43. The van der Waals surface area contributed by atoms with Gasteiger partial charge in [0.1, 0.15) is 0 Å². The maximum absolute atomic E-state index is 11.2. The molecule has 0 aliphatic heterocycles. The van der Waals surface area contributed by atoms with Crippen LogP contribution in [0.5, 0.6) is 0 Å². The number of nitrogens with one attached hydrogen (secondary N) is 1. The first-order valence-electron chi connectivity index (χ1n) is 7.89. The van der Waals surface area contributed by atoms with Crippen LogP contribution in [-0.2, 0) is 0 Å². The van der Waals surface area contributed by atoms with Crippen LogP contribution in [0.15, 0.2) is 72.8 Å². The monoisotopic (exact) mass is 316 g/mol. The molecule has 1 atom stereocenters. The van der Waals surface area contributed by atoms with Gasteiger partial charge in [0.05, 0.1) is 5.92 Å². The van der Waals surface area contributed by atoms with Crippen molar-refractivity contribution in [3.8, 4) is 0 Å². The summed E-state index contributed by atoms with van der Waals surface area (Å²) in [6, 6.07) is 24.1. The van der Waals surface area contributed by atoms with E-state index in [9.17, 15) is 10.1 Å². The van der Waals surface area contributed by atoms with Crippen molar-refractivity contribution in [3.05, 3.63) is 94.2 Å². The fourth-order valence-corrected chi connectivity index (χ4v) is 3.24. The van der Waals surface area contributed by atoms with Gasteiger partial charge in [0.2, 0.25) is 6.54 Å². The predicted molar refractivity (Wildman–Crippen MR) is 96.0 cm³/mol. The van der Waals surface area contributed by atoms with Crippen LogP contribution in [0.3, 0.4) is 0 Å². The lowest BCUT2D eigenvalue weighted by molar-refractivity contribution is -0.481. The number of hydrogen-bond acceptors (Lipinski definition) is 2. The second-order valence-corrected chi connectivity index (χ2v) is 5.99. The van der Waals surface area contributed by atoms with Crippen molar-refractivity contribution in [3.63, 3.8) is 0 Å². The zero-order valence-corrected chi connectivity index (χ0v) is 13.0. The average Bonchev–Trinajstić information content (AvgIpc) is 3.03. The summed E-state index contributed by atoms with van der Waals surface area (Å²) >= 11 is 0. The molecule has 1 N–H and O–H groups in total. The van der Waals surface area contributed by atoms with E-state index in [1.165, 1.54) is 0 Å². The molecule has 0 bridgehead atoms. The van der Waals surface area contributed by atoms with Crippen molar-refractivity contribution in [1.29, 1.82) is 0 Å². The van der Waals surface area contributed by atoms with Crippen LogP contribution >= 0.6 is 0 Å². The number of aromatic nitrogens is 1. The van der Waals surface area contributed by atoms with E-state index in [-0.39, 0.29) is 17.4 Å². The van der Waals surface area contributed by atoms with E-state index in [2.05, 4.69) is 11.1 Å². The zero-order valence-electron chi connectivity index (χ0n) is 13.0. The standard InChI is InChI=1S/C20H16N2O2/c23-22(24)13-18(20-12-17-7-3-4-8-19(17)21-20)16-10-9-14-5-1-2-6-15(14)11-16/h1-12,18,21H,13H2. The van der Waals surface area contributed by atoms with Crippen molar-refractivity contribution >= 4 is 21.7 Å². The molecule has 1 aromatic heterocycles. The molecule has 118 valence electrons. The van der Waals surface area contributed by atoms with Crippen LogP contribution in [0, 0.1) is 10.1 Å². The first-order valence-corrected chi connectivity index (χ1v) is 7.89. The number of aromatic amines is 1. The van der Waals surface area contributed by atoms with E-state index in [1.807, 2.05) is 66.7 Å². The number of para-hydroxylation sites is 1. The average molecular weight is 316 g/mol. The molecular formula is C20H16N2O2. The fourth-order valence-electron chi connectivity index (χ4n) is 3.24. The molecule has 4 heteroatoms. The van der Waals surface area contributed by atoms with Gasteiger partial charge < -0.3 is 4.98 Å². The Morgan fingerprint density at radius 2 is 1.58 bits per heavy atom. The minimum absolute atomic E-state index is 0.134. The molecule has 1 unspecified atom stereocenters. The molecular weight excluding hydrogens is 300 g/mol. The van der Waals surface area contributed by atoms with Gasteiger partial charge in [-0.25, -0.2) is 0 Å². The first-order chi connectivity index (χ1) is 11.7. The molecule has 0 amide bonds. The molecule has 0 saturated heterocycles. The molecule has 4 rings (SSSR count). The van der Waals surface area contributed by atoms with E-state index >= 15 is 0 Å². The number of fused-ring (bicyclic) bond motifs is 2. The van der Waals surface area contributed by atoms with Gasteiger partial charge in [-0.3, -0.25) is 10.1 Å². The highest BCUT2D eigenvalue weighted by Gasteiger charge is 2.22. The van der Waals surface area contributed by atoms with Crippen LogP contribution < -0.4 is 0 Å². The Bertz CT molecular complexity index is 1000. The van der Waals surface area contributed by atoms with Gasteiger partial charge in [-0.2, -0.15) is 0 Å². The van der Waals surface area contributed by atoms with Crippen LogP contribution in [0.1, 0.15) is 17.2 Å². The summed E-state index contributed by atoms with van der Waals surface area (Å²) < 4.78 is 0. The largest absolute Gasteiger partial charge is 0.358 e. The maximum Gasteiger partial charge on any atom is 0.216 e. The van der Waals surface area contributed by atoms with Crippen molar-refractivity contribution in [2.24, 2.45) is 0 Å². The van der Waals surface area contributed by atoms with Gasteiger partial charge in [0.15, 0.2) is 0 Å². The van der Waals surface area contributed by atoms with E-state index < -0.39 is 0 Å². The third-order valence-electron chi connectivity index (χ3n) is 4.43. The Morgan fingerprint density at radius 3 is 2.33 bits per heavy atom.